The normalized spacial score (nSPS) is 13.0. The topological polar surface area (TPSA) is 170 Å². The number of amides is 2. The number of hydrazine groups is 1. The van der Waals surface area contributed by atoms with E-state index in [9.17, 15) is 23.5 Å². The third kappa shape index (κ3) is 7.38. The average Bonchev–Trinajstić information content (AvgIpc) is 3.37. The first kappa shape index (κ1) is 29.1. The van der Waals surface area contributed by atoms with E-state index in [1.807, 2.05) is 30.5 Å². The molecule has 0 spiro atoms. The van der Waals surface area contributed by atoms with Crippen LogP contribution in [-0.2, 0) is 17.6 Å². The van der Waals surface area contributed by atoms with Gasteiger partial charge in [-0.2, -0.15) is 0 Å². The molecule has 214 valence electrons. The van der Waals surface area contributed by atoms with Crippen LogP contribution < -0.4 is 22.4 Å². The van der Waals surface area contributed by atoms with E-state index in [1.165, 1.54) is 23.3 Å². The van der Waals surface area contributed by atoms with Crippen molar-refractivity contribution < 1.29 is 28.7 Å². The van der Waals surface area contributed by atoms with Crippen LogP contribution in [0.5, 0.6) is 5.75 Å². The summed E-state index contributed by atoms with van der Waals surface area (Å²) in [6.07, 6.45) is 3.48. The number of rotatable bonds is 11. The average molecular weight is 565 g/mol. The van der Waals surface area contributed by atoms with E-state index in [4.69, 9.17) is 16.8 Å². The molecule has 0 radical (unpaired) electrons. The van der Waals surface area contributed by atoms with Crippen molar-refractivity contribution in [1.29, 1.82) is 0 Å². The lowest BCUT2D eigenvalue weighted by Gasteiger charge is -2.28. The summed E-state index contributed by atoms with van der Waals surface area (Å²) in [5.74, 6) is 2.80. The molecular formula is C29H30F2N6O4. The van der Waals surface area contributed by atoms with Crippen molar-refractivity contribution in [3.05, 3.63) is 113 Å². The number of carbonyl (C=O) groups excluding carboxylic acids is 2. The predicted molar refractivity (Wildman–Crippen MR) is 148 cm³/mol. The van der Waals surface area contributed by atoms with Gasteiger partial charge >= 0.3 is 0 Å². The van der Waals surface area contributed by atoms with Gasteiger partial charge in [0.25, 0.3) is 5.91 Å². The molecule has 1 aromatic heterocycles. The summed E-state index contributed by atoms with van der Waals surface area (Å²) in [6, 6.07) is 15.1. The number of hydrogen-bond acceptors (Lipinski definition) is 7. The van der Waals surface area contributed by atoms with Crippen molar-refractivity contribution >= 4 is 22.7 Å². The van der Waals surface area contributed by atoms with E-state index < -0.39 is 35.5 Å². The lowest BCUT2D eigenvalue weighted by atomic mass is 10.0. The van der Waals surface area contributed by atoms with Crippen LogP contribution in [0.2, 0.25) is 0 Å². The number of benzene rings is 3. The van der Waals surface area contributed by atoms with E-state index in [2.05, 4.69) is 10.3 Å². The zero-order valence-electron chi connectivity index (χ0n) is 21.9. The number of para-hydroxylation sites is 1. The van der Waals surface area contributed by atoms with Gasteiger partial charge in [-0.3, -0.25) is 14.8 Å². The summed E-state index contributed by atoms with van der Waals surface area (Å²) >= 11 is 0. The molecule has 12 heteroatoms. The minimum absolute atomic E-state index is 0.0510. The van der Waals surface area contributed by atoms with Gasteiger partial charge < -0.3 is 26.1 Å². The largest absolute Gasteiger partial charge is 0.508 e. The van der Waals surface area contributed by atoms with E-state index in [0.717, 1.165) is 34.7 Å². The Hall–Kier alpha value is -4.94. The van der Waals surface area contributed by atoms with E-state index in [0.29, 0.717) is 12.0 Å². The molecule has 41 heavy (non-hydrogen) atoms. The van der Waals surface area contributed by atoms with Gasteiger partial charge in [0.2, 0.25) is 5.91 Å². The van der Waals surface area contributed by atoms with Crippen LogP contribution in [0.15, 0.2) is 84.8 Å². The van der Waals surface area contributed by atoms with E-state index in [1.54, 1.807) is 17.6 Å². The molecular weight excluding hydrogens is 534 g/mol. The van der Waals surface area contributed by atoms with Crippen LogP contribution in [0.4, 0.5) is 8.78 Å². The van der Waals surface area contributed by atoms with Crippen molar-refractivity contribution in [2.24, 2.45) is 11.6 Å². The Balaban J connectivity index is 1.61. The number of nitrogens with one attached hydrogen (secondary N) is 3. The molecule has 0 aliphatic rings. The lowest BCUT2D eigenvalue weighted by Crippen LogP contribution is -2.45. The number of nitrogens with two attached hydrogens (primary N) is 2. The van der Waals surface area contributed by atoms with Crippen LogP contribution in [0.25, 0.3) is 10.9 Å². The first-order valence-corrected chi connectivity index (χ1v) is 12.7. The maximum absolute atomic E-state index is 13.8. The second kappa shape index (κ2) is 12.9. The van der Waals surface area contributed by atoms with Gasteiger partial charge in [0.05, 0.1) is 18.5 Å². The Kier molecular flexibility index (Phi) is 9.17. The number of phenolic OH excluding ortho intramolecular Hbond substituents is 1. The summed E-state index contributed by atoms with van der Waals surface area (Å²) in [7, 11) is 0. The van der Waals surface area contributed by atoms with Crippen LogP contribution in [0, 0.1) is 11.6 Å². The van der Waals surface area contributed by atoms with Gasteiger partial charge in [-0.1, -0.05) is 30.3 Å². The molecule has 9 N–H and O–H groups in total. The highest BCUT2D eigenvalue weighted by atomic mass is 19.2. The molecule has 4 rings (SSSR count). The third-order valence-electron chi connectivity index (χ3n) is 6.66. The highest BCUT2D eigenvalue weighted by molar-refractivity contribution is 5.94. The molecule has 4 aromatic rings. The first-order chi connectivity index (χ1) is 19.6. The van der Waals surface area contributed by atoms with E-state index >= 15 is 0 Å². The Bertz CT molecular complexity index is 1560. The fraction of sp³-hybridized carbons (Fsp3) is 0.172. The smallest absolute Gasteiger partial charge is 0.251 e. The lowest BCUT2D eigenvalue weighted by molar-refractivity contribution is -0.130. The van der Waals surface area contributed by atoms with Gasteiger partial charge in [0, 0.05) is 34.6 Å². The van der Waals surface area contributed by atoms with Crippen molar-refractivity contribution in [3.8, 4) is 5.75 Å². The zero-order chi connectivity index (χ0) is 29.5. The number of carbonyl (C=O) groups is 2. The number of phenols is 1. The number of aromatic nitrogens is 1. The number of fused-ring (bicyclic) bond motifs is 1. The highest BCUT2D eigenvalue weighted by Crippen LogP contribution is 2.22. The quantitative estimate of drug-likeness (QED) is 0.0834. The first-order valence-electron chi connectivity index (χ1n) is 12.7. The highest BCUT2D eigenvalue weighted by Gasteiger charge is 2.23. The Morgan fingerprint density at radius 3 is 2.46 bits per heavy atom. The number of halogens is 2. The van der Waals surface area contributed by atoms with Gasteiger partial charge in [0.1, 0.15) is 5.75 Å². The molecule has 0 fully saturated rings. The van der Waals surface area contributed by atoms with Crippen LogP contribution >= 0.6 is 0 Å². The molecule has 0 saturated heterocycles. The molecule has 0 aliphatic carbocycles. The summed E-state index contributed by atoms with van der Waals surface area (Å²) in [5.41, 5.74) is 10.5. The second-order valence-electron chi connectivity index (χ2n) is 9.56. The molecule has 1 heterocycles. The van der Waals surface area contributed by atoms with Crippen molar-refractivity contribution in [1.82, 2.24) is 20.8 Å². The minimum atomic E-state index is -1.17. The summed E-state index contributed by atoms with van der Waals surface area (Å²) < 4.78 is 27.2. The molecule has 0 bridgehead atoms. The predicted octanol–water partition coefficient (Wildman–Crippen LogP) is 2.98. The minimum Gasteiger partial charge on any atom is -0.508 e. The number of hydroxylamine groups is 1. The number of nitrogens with zero attached hydrogens (tertiary/aromatic N) is 1. The molecule has 3 aromatic carbocycles. The number of aromatic hydroxyl groups is 1. The Labute approximate surface area is 234 Å². The van der Waals surface area contributed by atoms with Crippen molar-refractivity contribution in [3.63, 3.8) is 0 Å². The molecule has 10 nitrogen and oxygen atoms in total. The van der Waals surface area contributed by atoms with Gasteiger partial charge in [-0.25, -0.2) is 20.1 Å². The third-order valence-corrected chi connectivity index (χ3v) is 6.66. The summed E-state index contributed by atoms with van der Waals surface area (Å²) in [5, 5.41) is 23.7. The fourth-order valence-electron chi connectivity index (χ4n) is 4.46. The van der Waals surface area contributed by atoms with E-state index in [-0.39, 0.29) is 29.9 Å². The molecule has 2 amide bonds. The van der Waals surface area contributed by atoms with Crippen LogP contribution in [0.3, 0.4) is 0 Å². The van der Waals surface area contributed by atoms with Crippen LogP contribution in [-0.4, -0.2) is 44.2 Å². The SMILES string of the molecule is N/C(=C\N(N)C(CC(=O)NO)Cc1c[nH]c2ccccc12)C(Cc1ccc(O)cc1)NC(=O)c1ccc(F)c(F)c1. The zero-order valence-corrected chi connectivity index (χ0v) is 21.9. The molecule has 0 saturated carbocycles. The molecule has 2 unspecified atom stereocenters. The monoisotopic (exact) mass is 564 g/mol. The molecule has 2 atom stereocenters. The number of H-pyrrole nitrogens is 1. The fourth-order valence-corrected chi connectivity index (χ4v) is 4.46. The van der Waals surface area contributed by atoms with Crippen molar-refractivity contribution in [2.45, 2.75) is 31.3 Å². The number of hydrogen-bond donors (Lipinski definition) is 7. The van der Waals surface area contributed by atoms with Gasteiger partial charge in [-0.05, 0) is 60.4 Å². The number of aromatic amines is 1. The van der Waals surface area contributed by atoms with Crippen LogP contribution in [0.1, 0.15) is 27.9 Å². The maximum Gasteiger partial charge on any atom is 0.251 e. The maximum atomic E-state index is 13.8. The summed E-state index contributed by atoms with van der Waals surface area (Å²) in [4.78, 5) is 28.2. The van der Waals surface area contributed by atoms with Gasteiger partial charge in [0.15, 0.2) is 11.6 Å². The summed E-state index contributed by atoms with van der Waals surface area (Å²) in [6.45, 7) is 0. The van der Waals surface area contributed by atoms with Crippen molar-refractivity contribution in [2.75, 3.05) is 0 Å². The second-order valence-corrected chi connectivity index (χ2v) is 9.56. The standard InChI is InChI=1S/C29H30F2N6O4/c30-23-10-7-18(13-24(23)31)29(40)35-27(11-17-5-8-21(38)9-6-17)25(32)16-37(33)20(14-28(39)36-41)12-19-15-34-26-4-2-1-3-22(19)26/h1-10,13,15-16,20,27,34,38,41H,11-12,14,32-33H2,(H,35,40)(H,36,39)/b25-16-. The Morgan fingerprint density at radius 2 is 1.76 bits per heavy atom. The Morgan fingerprint density at radius 1 is 1.02 bits per heavy atom. The molecule has 0 aliphatic heterocycles. The van der Waals surface area contributed by atoms with Gasteiger partial charge in [-0.15, -0.1) is 0 Å².